The van der Waals surface area contributed by atoms with Crippen molar-refractivity contribution in [2.24, 2.45) is 5.84 Å². The fourth-order valence-corrected chi connectivity index (χ4v) is 1.89. The summed E-state index contributed by atoms with van der Waals surface area (Å²) in [7, 11) is 0. The number of hydrogen-bond acceptors (Lipinski definition) is 6. The highest BCUT2D eigenvalue weighted by atomic mass is 32.1. The van der Waals surface area contributed by atoms with E-state index in [9.17, 15) is 18.0 Å². The Morgan fingerprint density at radius 2 is 2.16 bits per heavy atom. The molecule has 0 atom stereocenters. The van der Waals surface area contributed by atoms with Gasteiger partial charge >= 0.3 is 6.18 Å². The van der Waals surface area contributed by atoms with Crippen LogP contribution in [0.25, 0.3) is 0 Å². The van der Waals surface area contributed by atoms with Gasteiger partial charge in [0.15, 0.2) is 0 Å². The number of nitrogen functional groups attached to an aromatic ring is 1. The van der Waals surface area contributed by atoms with Gasteiger partial charge in [0.2, 0.25) is 0 Å². The Hall–Kier alpha value is -1.94. The number of hydrazine groups is 1. The van der Waals surface area contributed by atoms with Crippen LogP contribution in [0.4, 0.5) is 18.2 Å². The smallest absolute Gasteiger partial charge is 0.313 e. The van der Waals surface area contributed by atoms with Crippen LogP contribution in [0, 0.1) is 0 Å². The first-order chi connectivity index (χ1) is 8.91. The maximum Gasteiger partial charge on any atom is 0.417 e. The first-order valence-corrected chi connectivity index (χ1v) is 5.74. The minimum absolute atomic E-state index is 0.140. The number of nitrogens with zero attached hydrogens (tertiary/aromatic N) is 3. The van der Waals surface area contributed by atoms with E-state index in [2.05, 4.69) is 15.0 Å². The van der Waals surface area contributed by atoms with E-state index in [4.69, 9.17) is 5.84 Å². The van der Waals surface area contributed by atoms with Crippen molar-refractivity contribution >= 4 is 16.5 Å². The number of pyridine rings is 1. The average molecular weight is 291 g/mol. The third kappa shape index (κ3) is 2.90. The minimum atomic E-state index is -4.51. The molecule has 0 saturated carbocycles. The van der Waals surface area contributed by atoms with Crippen LogP contribution < -0.4 is 16.8 Å². The number of rotatable bonds is 3. The molecule has 0 amide bonds. The lowest BCUT2D eigenvalue weighted by molar-refractivity contribution is -0.138. The van der Waals surface area contributed by atoms with Crippen LogP contribution in [0.3, 0.4) is 0 Å². The molecule has 2 heterocycles. The van der Waals surface area contributed by atoms with Crippen LogP contribution in [-0.2, 0) is 12.7 Å². The summed E-state index contributed by atoms with van der Waals surface area (Å²) >= 11 is 0.950. The van der Waals surface area contributed by atoms with Gasteiger partial charge in [-0.3, -0.25) is 4.79 Å². The summed E-state index contributed by atoms with van der Waals surface area (Å²) in [6.45, 7) is -0.140. The highest BCUT2D eigenvalue weighted by Crippen LogP contribution is 2.28. The third-order valence-electron chi connectivity index (χ3n) is 2.32. The molecule has 0 aliphatic heterocycles. The Morgan fingerprint density at radius 1 is 1.42 bits per heavy atom. The molecule has 6 nitrogen and oxygen atoms in total. The molecule has 102 valence electrons. The fraction of sp³-hybridized carbons (Fsp3) is 0.222. The predicted octanol–water partition coefficient (Wildman–Crippen LogP) is 1.05. The lowest BCUT2D eigenvalue weighted by atomic mass is 10.2. The maximum absolute atomic E-state index is 12.6. The van der Waals surface area contributed by atoms with E-state index in [0.29, 0.717) is 10.7 Å². The number of hydrogen-bond donors (Lipinski definition) is 2. The topological polar surface area (TPSA) is 85.8 Å². The van der Waals surface area contributed by atoms with E-state index in [1.165, 1.54) is 0 Å². The Balaban J connectivity index is 2.37. The second-order valence-electron chi connectivity index (χ2n) is 3.57. The van der Waals surface area contributed by atoms with Crippen LogP contribution in [0.5, 0.6) is 0 Å². The molecule has 0 saturated heterocycles. The van der Waals surface area contributed by atoms with Crippen LogP contribution in [0.2, 0.25) is 0 Å². The van der Waals surface area contributed by atoms with Gasteiger partial charge in [0, 0.05) is 23.8 Å². The summed E-state index contributed by atoms with van der Waals surface area (Å²) in [6.07, 6.45) is -3.77. The number of nitrogens with one attached hydrogen (secondary N) is 1. The molecule has 2 aromatic rings. The molecule has 2 aromatic heterocycles. The van der Waals surface area contributed by atoms with E-state index in [1.54, 1.807) is 0 Å². The van der Waals surface area contributed by atoms with Gasteiger partial charge in [-0.05, 0) is 6.07 Å². The van der Waals surface area contributed by atoms with Gasteiger partial charge in [-0.15, -0.1) is 5.10 Å². The number of halogens is 3. The lowest BCUT2D eigenvalue weighted by Crippen LogP contribution is -2.22. The number of nitrogens with two attached hydrogens (primary N) is 1. The maximum atomic E-state index is 12.6. The average Bonchev–Trinajstić information content (AvgIpc) is 2.77. The highest BCUT2D eigenvalue weighted by Gasteiger charge is 2.31. The standard InChI is InChI=1S/C9H8F3N5OS/c10-9(11,12)5-1-2-7(18)17(3-5)4-6-8(14-13)19-16-15-6/h1-3,14H,4,13H2. The van der Waals surface area contributed by atoms with Crippen molar-refractivity contribution in [2.75, 3.05) is 5.43 Å². The molecule has 0 unspecified atom stereocenters. The summed E-state index contributed by atoms with van der Waals surface area (Å²) in [4.78, 5) is 11.5. The monoisotopic (exact) mass is 291 g/mol. The van der Waals surface area contributed by atoms with Crippen LogP contribution in [0.1, 0.15) is 11.3 Å². The summed E-state index contributed by atoms with van der Waals surface area (Å²) in [5.74, 6) is 5.20. The Kier molecular flexibility index (Phi) is 3.53. The molecule has 0 aromatic carbocycles. The largest absolute Gasteiger partial charge is 0.417 e. The van der Waals surface area contributed by atoms with Gasteiger partial charge in [-0.25, -0.2) is 5.84 Å². The second-order valence-corrected chi connectivity index (χ2v) is 4.33. The van der Waals surface area contributed by atoms with Crippen LogP contribution >= 0.6 is 11.5 Å². The van der Waals surface area contributed by atoms with Crippen LogP contribution in [-0.4, -0.2) is 14.2 Å². The fourth-order valence-electron chi connectivity index (χ4n) is 1.41. The van der Waals surface area contributed by atoms with E-state index in [1.807, 2.05) is 0 Å². The highest BCUT2D eigenvalue weighted by molar-refractivity contribution is 7.10. The summed E-state index contributed by atoms with van der Waals surface area (Å²) in [5.41, 5.74) is 1.15. The molecule has 3 N–H and O–H groups in total. The van der Waals surface area contributed by atoms with Crippen molar-refractivity contribution in [1.29, 1.82) is 0 Å². The van der Waals surface area contributed by atoms with Gasteiger partial charge in [0.25, 0.3) is 5.56 Å². The second kappa shape index (κ2) is 4.97. The molecule has 10 heteroatoms. The quantitative estimate of drug-likeness (QED) is 0.652. The number of aromatic nitrogens is 3. The zero-order valence-electron chi connectivity index (χ0n) is 9.31. The van der Waals surface area contributed by atoms with Crippen molar-refractivity contribution in [3.63, 3.8) is 0 Å². The van der Waals surface area contributed by atoms with Crippen molar-refractivity contribution in [2.45, 2.75) is 12.7 Å². The van der Waals surface area contributed by atoms with Gasteiger partial charge in [-0.2, -0.15) is 13.2 Å². The van der Waals surface area contributed by atoms with Gasteiger partial charge in [-0.1, -0.05) is 4.49 Å². The molecular formula is C9H8F3N5OS. The molecule has 0 radical (unpaired) electrons. The zero-order valence-corrected chi connectivity index (χ0v) is 10.1. The first kappa shape index (κ1) is 13.5. The molecule has 0 aliphatic rings. The summed E-state index contributed by atoms with van der Waals surface area (Å²) in [6, 6.07) is 1.60. The molecule has 0 bridgehead atoms. The van der Waals surface area contributed by atoms with Gasteiger partial charge < -0.3 is 9.99 Å². The minimum Gasteiger partial charge on any atom is -0.313 e. The van der Waals surface area contributed by atoms with E-state index < -0.39 is 17.3 Å². The lowest BCUT2D eigenvalue weighted by Gasteiger charge is -2.10. The molecule has 2 rings (SSSR count). The number of alkyl halides is 3. The van der Waals surface area contributed by atoms with E-state index in [0.717, 1.165) is 34.4 Å². The Bertz CT molecular complexity index is 635. The molecule has 19 heavy (non-hydrogen) atoms. The van der Waals surface area contributed by atoms with E-state index >= 15 is 0 Å². The van der Waals surface area contributed by atoms with Crippen molar-refractivity contribution < 1.29 is 13.2 Å². The van der Waals surface area contributed by atoms with Gasteiger partial charge in [0.05, 0.1) is 12.1 Å². The third-order valence-corrected chi connectivity index (χ3v) is 3.02. The SMILES string of the molecule is NNc1snnc1Cn1cc(C(F)(F)F)ccc1=O. The van der Waals surface area contributed by atoms with Crippen LogP contribution in [0.15, 0.2) is 23.1 Å². The molecular weight excluding hydrogens is 283 g/mol. The van der Waals surface area contributed by atoms with Crippen molar-refractivity contribution in [1.82, 2.24) is 14.2 Å². The first-order valence-electron chi connectivity index (χ1n) is 4.97. The van der Waals surface area contributed by atoms with Crippen molar-refractivity contribution in [3.05, 3.63) is 39.9 Å². The summed E-state index contributed by atoms with van der Waals surface area (Å²) < 4.78 is 42.2. The normalized spacial score (nSPS) is 11.6. The Morgan fingerprint density at radius 3 is 2.79 bits per heavy atom. The van der Waals surface area contributed by atoms with E-state index in [-0.39, 0.29) is 6.54 Å². The molecule has 0 aliphatic carbocycles. The Labute approximate surface area is 108 Å². The molecule has 0 spiro atoms. The van der Waals surface area contributed by atoms with Crippen molar-refractivity contribution in [3.8, 4) is 0 Å². The number of anilines is 1. The predicted molar refractivity (Wildman–Crippen MR) is 62.5 cm³/mol. The van der Waals surface area contributed by atoms with Gasteiger partial charge in [0.1, 0.15) is 10.7 Å². The molecule has 0 fully saturated rings. The summed E-state index contributed by atoms with van der Waals surface area (Å²) in [5, 5.41) is 4.09. The zero-order chi connectivity index (χ0) is 14.0.